The van der Waals surface area contributed by atoms with Gasteiger partial charge < -0.3 is 16.0 Å². The van der Waals surface area contributed by atoms with Gasteiger partial charge in [0, 0.05) is 25.6 Å². The Morgan fingerprint density at radius 2 is 2.00 bits per heavy atom. The topological polar surface area (TPSA) is 75.4 Å². The number of amides is 2. The summed E-state index contributed by atoms with van der Waals surface area (Å²) in [6.45, 7) is 5.25. The Morgan fingerprint density at radius 3 is 2.52 bits per heavy atom. The monoisotopic (exact) mass is 295 g/mol. The van der Waals surface area contributed by atoms with E-state index in [1.54, 1.807) is 0 Å². The molecule has 0 spiro atoms. The second-order valence-electron chi connectivity index (χ2n) is 6.60. The Hall–Kier alpha value is -1.10. The van der Waals surface area contributed by atoms with Crippen LogP contribution in [0.3, 0.4) is 0 Å². The van der Waals surface area contributed by atoms with Crippen LogP contribution < -0.4 is 11.1 Å². The van der Waals surface area contributed by atoms with Crippen LogP contribution in [0.5, 0.6) is 0 Å². The molecule has 120 valence electrons. The number of carbonyl (C=O) groups excluding carboxylic acids is 2. The van der Waals surface area contributed by atoms with Crippen molar-refractivity contribution in [1.82, 2.24) is 10.2 Å². The molecule has 3 N–H and O–H groups in total. The summed E-state index contributed by atoms with van der Waals surface area (Å²) in [5.74, 6) is -0.0663. The first-order chi connectivity index (χ1) is 10.0. The van der Waals surface area contributed by atoms with E-state index in [1.165, 1.54) is 0 Å². The maximum atomic E-state index is 12.5. The molecule has 0 aromatic carbocycles. The van der Waals surface area contributed by atoms with Gasteiger partial charge in [-0.05, 0) is 25.7 Å². The van der Waals surface area contributed by atoms with Crippen molar-refractivity contribution in [1.29, 1.82) is 0 Å². The van der Waals surface area contributed by atoms with Crippen LogP contribution in [0.25, 0.3) is 0 Å². The van der Waals surface area contributed by atoms with Crippen molar-refractivity contribution in [3.63, 3.8) is 0 Å². The summed E-state index contributed by atoms with van der Waals surface area (Å²) in [6, 6.07) is 0.269. The molecule has 2 aliphatic rings. The average molecular weight is 295 g/mol. The molecule has 1 aliphatic carbocycles. The fourth-order valence-electron chi connectivity index (χ4n) is 3.78. The maximum absolute atomic E-state index is 12.5. The molecule has 0 bridgehead atoms. The molecular formula is C16H29N3O2. The molecule has 1 atom stereocenters. The van der Waals surface area contributed by atoms with Crippen LogP contribution >= 0.6 is 0 Å². The highest BCUT2D eigenvalue weighted by molar-refractivity contribution is 5.89. The first-order valence-electron chi connectivity index (χ1n) is 8.36. The first kappa shape index (κ1) is 16.3. The van der Waals surface area contributed by atoms with Crippen molar-refractivity contribution in [2.45, 2.75) is 70.4 Å². The highest BCUT2D eigenvalue weighted by Crippen LogP contribution is 2.30. The van der Waals surface area contributed by atoms with Gasteiger partial charge in [0.05, 0.1) is 11.5 Å². The quantitative estimate of drug-likeness (QED) is 0.778. The Bertz CT molecular complexity index is 387. The van der Waals surface area contributed by atoms with E-state index in [1.807, 2.05) is 4.90 Å². The zero-order valence-electron chi connectivity index (χ0n) is 13.4. The SMILES string of the molecule is CCC(CC)N1CC(C(=O)NC2(CN)CCCC2)CC1=O. The summed E-state index contributed by atoms with van der Waals surface area (Å²) < 4.78 is 0. The minimum Gasteiger partial charge on any atom is -0.349 e. The predicted octanol–water partition coefficient (Wildman–Crippen LogP) is 1.41. The predicted molar refractivity (Wildman–Crippen MR) is 82.6 cm³/mol. The standard InChI is InChI=1S/C16H29N3O2/c1-3-13(4-2)19-10-12(9-14(19)20)15(21)18-16(11-17)7-5-6-8-16/h12-13H,3-11,17H2,1-2H3,(H,18,21). The molecule has 0 radical (unpaired) electrons. The number of likely N-dealkylation sites (tertiary alicyclic amines) is 1. The molecule has 2 fully saturated rings. The lowest BCUT2D eigenvalue weighted by Gasteiger charge is -2.30. The fourth-order valence-corrected chi connectivity index (χ4v) is 3.78. The normalized spacial score (nSPS) is 24.9. The first-order valence-corrected chi connectivity index (χ1v) is 8.36. The van der Waals surface area contributed by atoms with Crippen LogP contribution in [-0.2, 0) is 9.59 Å². The van der Waals surface area contributed by atoms with Crippen molar-refractivity contribution in [2.24, 2.45) is 11.7 Å². The smallest absolute Gasteiger partial charge is 0.225 e. The second-order valence-corrected chi connectivity index (χ2v) is 6.60. The van der Waals surface area contributed by atoms with Crippen molar-refractivity contribution >= 4 is 11.8 Å². The summed E-state index contributed by atoms with van der Waals surface area (Å²) in [6.07, 6.45) is 6.43. The van der Waals surface area contributed by atoms with Crippen molar-refractivity contribution < 1.29 is 9.59 Å². The van der Waals surface area contributed by atoms with E-state index >= 15 is 0 Å². The lowest BCUT2D eigenvalue weighted by atomic mass is 9.96. The number of hydrogen-bond donors (Lipinski definition) is 2. The summed E-state index contributed by atoms with van der Waals surface area (Å²) in [7, 11) is 0. The molecule has 21 heavy (non-hydrogen) atoms. The van der Waals surface area contributed by atoms with Crippen LogP contribution in [0, 0.1) is 5.92 Å². The Kier molecular flexibility index (Phi) is 5.25. The molecule has 1 heterocycles. The number of nitrogens with zero attached hydrogens (tertiary/aromatic N) is 1. The number of hydrogen-bond acceptors (Lipinski definition) is 3. The van der Waals surface area contributed by atoms with Gasteiger partial charge in [-0.1, -0.05) is 26.7 Å². The lowest BCUT2D eigenvalue weighted by Crippen LogP contribution is -2.53. The van der Waals surface area contributed by atoms with Gasteiger partial charge in [0.25, 0.3) is 0 Å². The number of rotatable bonds is 6. The Balaban J connectivity index is 1.96. The van der Waals surface area contributed by atoms with Gasteiger partial charge in [0.15, 0.2) is 0 Å². The van der Waals surface area contributed by atoms with Crippen molar-refractivity contribution in [2.75, 3.05) is 13.1 Å². The van der Waals surface area contributed by atoms with Gasteiger partial charge in [-0.25, -0.2) is 0 Å². The van der Waals surface area contributed by atoms with Gasteiger partial charge in [0.1, 0.15) is 0 Å². The maximum Gasteiger partial charge on any atom is 0.225 e. The van der Waals surface area contributed by atoms with Crippen LogP contribution in [0.2, 0.25) is 0 Å². The summed E-state index contributed by atoms with van der Waals surface area (Å²) in [5.41, 5.74) is 5.65. The summed E-state index contributed by atoms with van der Waals surface area (Å²) >= 11 is 0. The van der Waals surface area contributed by atoms with E-state index in [-0.39, 0.29) is 29.3 Å². The molecule has 5 nitrogen and oxygen atoms in total. The largest absolute Gasteiger partial charge is 0.349 e. The molecule has 2 rings (SSSR count). The molecule has 1 unspecified atom stereocenters. The molecule has 0 aromatic rings. The van der Waals surface area contributed by atoms with Crippen LogP contribution in [0.15, 0.2) is 0 Å². The van der Waals surface area contributed by atoms with Gasteiger partial charge >= 0.3 is 0 Å². The summed E-state index contributed by atoms with van der Waals surface area (Å²) in [5, 5.41) is 3.16. The highest BCUT2D eigenvalue weighted by atomic mass is 16.2. The number of nitrogens with one attached hydrogen (secondary N) is 1. The average Bonchev–Trinajstić information content (AvgIpc) is 3.09. The molecule has 2 amide bonds. The van der Waals surface area contributed by atoms with E-state index in [2.05, 4.69) is 19.2 Å². The third-order valence-electron chi connectivity index (χ3n) is 5.25. The molecule has 1 aliphatic heterocycles. The third kappa shape index (κ3) is 3.39. The van der Waals surface area contributed by atoms with Crippen molar-refractivity contribution in [3.8, 4) is 0 Å². The fraction of sp³-hybridized carbons (Fsp3) is 0.875. The van der Waals surface area contributed by atoms with E-state index < -0.39 is 0 Å². The molecule has 5 heteroatoms. The van der Waals surface area contributed by atoms with E-state index in [4.69, 9.17) is 5.73 Å². The van der Waals surface area contributed by atoms with Gasteiger partial charge in [-0.15, -0.1) is 0 Å². The number of nitrogens with two attached hydrogens (primary N) is 1. The molecule has 0 aromatic heterocycles. The second kappa shape index (κ2) is 6.77. The zero-order valence-corrected chi connectivity index (χ0v) is 13.4. The van der Waals surface area contributed by atoms with E-state index in [0.717, 1.165) is 38.5 Å². The highest BCUT2D eigenvalue weighted by Gasteiger charge is 2.40. The van der Waals surface area contributed by atoms with Crippen LogP contribution in [-0.4, -0.2) is 41.4 Å². The lowest BCUT2D eigenvalue weighted by molar-refractivity contribution is -0.130. The minimum absolute atomic E-state index is 0.0177. The van der Waals surface area contributed by atoms with Crippen LogP contribution in [0.4, 0.5) is 0 Å². The van der Waals surface area contributed by atoms with Gasteiger partial charge in [0.2, 0.25) is 11.8 Å². The van der Waals surface area contributed by atoms with Gasteiger partial charge in [-0.3, -0.25) is 9.59 Å². The van der Waals surface area contributed by atoms with E-state index in [9.17, 15) is 9.59 Å². The Labute approximate surface area is 127 Å². The Morgan fingerprint density at radius 1 is 1.38 bits per heavy atom. The number of carbonyl (C=O) groups is 2. The van der Waals surface area contributed by atoms with E-state index in [0.29, 0.717) is 19.5 Å². The van der Waals surface area contributed by atoms with Crippen LogP contribution in [0.1, 0.15) is 58.8 Å². The van der Waals surface area contributed by atoms with Crippen molar-refractivity contribution in [3.05, 3.63) is 0 Å². The van der Waals surface area contributed by atoms with Gasteiger partial charge in [-0.2, -0.15) is 0 Å². The molecule has 1 saturated carbocycles. The third-order valence-corrected chi connectivity index (χ3v) is 5.25. The zero-order chi connectivity index (χ0) is 15.5. The molecule has 1 saturated heterocycles. The minimum atomic E-state index is -0.220. The molecular weight excluding hydrogens is 266 g/mol. The summed E-state index contributed by atoms with van der Waals surface area (Å²) in [4.78, 5) is 26.6.